The molecule has 2 aromatic heterocycles. The van der Waals surface area contributed by atoms with Crippen LogP contribution in [0.3, 0.4) is 0 Å². The van der Waals surface area contributed by atoms with Crippen LogP contribution in [0.4, 0.5) is 0 Å². The van der Waals surface area contributed by atoms with Gasteiger partial charge in [0.25, 0.3) is 0 Å². The van der Waals surface area contributed by atoms with E-state index in [0.29, 0.717) is 23.9 Å². The number of nitrogens with zero attached hydrogens (tertiary/aromatic N) is 1. The Bertz CT molecular complexity index is 844. The lowest BCUT2D eigenvalue weighted by Crippen LogP contribution is -2.16. The highest BCUT2D eigenvalue weighted by molar-refractivity contribution is 6.48. The lowest BCUT2D eigenvalue weighted by Gasteiger charge is -2.25. The van der Waals surface area contributed by atoms with E-state index in [-0.39, 0.29) is 11.2 Å². The smallest absolute Gasteiger partial charge is 0.371 e. The number of carbonyl (C=O) groups is 1. The lowest BCUT2D eigenvalue weighted by atomic mass is 9.85. The SMILES string of the molecule is CC(C)(C)c1cc(C2=CCC(Cl)(Cl)CC2)nc2cc(C(=O)O)oc12. The monoisotopic (exact) mass is 367 g/mol. The molecule has 128 valence electrons. The van der Waals surface area contributed by atoms with Gasteiger partial charge >= 0.3 is 5.97 Å². The first-order valence-electron chi connectivity index (χ1n) is 7.82. The topological polar surface area (TPSA) is 63.3 Å². The zero-order valence-corrected chi connectivity index (χ0v) is 15.3. The molecule has 4 nitrogen and oxygen atoms in total. The number of aromatic carboxylic acids is 1. The highest BCUT2D eigenvalue weighted by Gasteiger charge is 2.29. The average Bonchev–Trinajstić information content (AvgIpc) is 2.89. The number of hydrogen-bond acceptors (Lipinski definition) is 3. The Kier molecular flexibility index (Phi) is 4.17. The summed E-state index contributed by atoms with van der Waals surface area (Å²) >= 11 is 12.4. The summed E-state index contributed by atoms with van der Waals surface area (Å²) in [7, 11) is 0. The molecule has 0 amide bonds. The molecular weight excluding hydrogens is 349 g/mol. The van der Waals surface area contributed by atoms with E-state index in [9.17, 15) is 9.90 Å². The molecule has 0 unspecified atom stereocenters. The molecule has 6 heteroatoms. The Balaban J connectivity index is 2.17. The van der Waals surface area contributed by atoms with Gasteiger partial charge < -0.3 is 9.52 Å². The van der Waals surface area contributed by atoms with Gasteiger partial charge in [-0.15, -0.1) is 23.2 Å². The molecular formula is C18H19Cl2NO3. The summed E-state index contributed by atoms with van der Waals surface area (Å²) in [5.74, 6) is -1.20. The first-order valence-corrected chi connectivity index (χ1v) is 8.58. The molecule has 0 bridgehead atoms. The Labute approximate surface area is 150 Å². The Morgan fingerprint density at radius 3 is 2.58 bits per heavy atom. The first kappa shape index (κ1) is 17.3. The van der Waals surface area contributed by atoms with Crippen LogP contribution in [0.25, 0.3) is 16.7 Å². The fourth-order valence-corrected chi connectivity index (χ4v) is 3.22. The van der Waals surface area contributed by atoms with Crippen molar-refractivity contribution >= 4 is 45.8 Å². The fourth-order valence-electron chi connectivity index (χ4n) is 2.88. The van der Waals surface area contributed by atoms with Crippen LogP contribution in [0.15, 0.2) is 22.6 Å². The normalized spacial score (nSPS) is 17.8. The van der Waals surface area contributed by atoms with Crippen molar-refractivity contribution < 1.29 is 14.3 Å². The number of carboxylic acids is 1. The minimum Gasteiger partial charge on any atom is -0.475 e. The third-order valence-electron chi connectivity index (χ3n) is 4.23. The van der Waals surface area contributed by atoms with Gasteiger partial charge in [-0.1, -0.05) is 26.8 Å². The number of halogens is 2. The second-order valence-corrected chi connectivity index (χ2v) is 8.87. The summed E-state index contributed by atoms with van der Waals surface area (Å²) in [5, 5.41) is 9.19. The van der Waals surface area contributed by atoms with E-state index in [2.05, 4.69) is 25.8 Å². The maximum atomic E-state index is 11.2. The van der Waals surface area contributed by atoms with Gasteiger partial charge in [0.2, 0.25) is 5.76 Å². The van der Waals surface area contributed by atoms with Crippen LogP contribution in [-0.4, -0.2) is 20.4 Å². The second kappa shape index (κ2) is 5.78. The van der Waals surface area contributed by atoms with E-state index < -0.39 is 10.3 Å². The van der Waals surface area contributed by atoms with Gasteiger partial charge in [-0.25, -0.2) is 9.78 Å². The van der Waals surface area contributed by atoms with E-state index >= 15 is 0 Å². The van der Waals surface area contributed by atoms with Crippen molar-refractivity contribution in [1.82, 2.24) is 4.98 Å². The van der Waals surface area contributed by atoms with Gasteiger partial charge in [-0.3, -0.25) is 0 Å². The third kappa shape index (κ3) is 3.31. The quantitative estimate of drug-likeness (QED) is 0.705. The van der Waals surface area contributed by atoms with Crippen LogP contribution in [0, 0.1) is 0 Å². The summed E-state index contributed by atoms with van der Waals surface area (Å²) in [6.07, 6.45) is 3.99. The van der Waals surface area contributed by atoms with Crippen LogP contribution in [0.1, 0.15) is 61.8 Å². The van der Waals surface area contributed by atoms with Crippen molar-refractivity contribution in [3.8, 4) is 0 Å². The van der Waals surface area contributed by atoms with E-state index in [0.717, 1.165) is 23.3 Å². The van der Waals surface area contributed by atoms with Gasteiger partial charge in [0, 0.05) is 11.6 Å². The molecule has 0 saturated heterocycles. The van der Waals surface area contributed by atoms with Gasteiger partial charge in [0.05, 0.1) is 5.69 Å². The molecule has 0 atom stereocenters. The summed E-state index contributed by atoms with van der Waals surface area (Å²) in [6.45, 7) is 6.19. The number of allylic oxidation sites excluding steroid dienone is 2. The number of pyridine rings is 1. The van der Waals surface area contributed by atoms with Crippen molar-refractivity contribution in [2.75, 3.05) is 0 Å². The largest absolute Gasteiger partial charge is 0.475 e. The molecule has 0 aromatic carbocycles. The zero-order chi connectivity index (χ0) is 17.7. The number of rotatable bonds is 2. The number of aromatic nitrogens is 1. The molecule has 24 heavy (non-hydrogen) atoms. The van der Waals surface area contributed by atoms with E-state index in [1.165, 1.54) is 6.07 Å². The van der Waals surface area contributed by atoms with Crippen molar-refractivity contribution in [2.45, 2.75) is 49.8 Å². The molecule has 1 N–H and O–H groups in total. The highest BCUT2D eigenvalue weighted by Crippen LogP contribution is 2.41. The Hall–Kier alpha value is -1.52. The predicted molar refractivity (Wildman–Crippen MR) is 95.9 cm³/mol. The minimum absolute atomic E-state index is 0.0988. The summed E-state index contributed by atoms with van der Waals surface area (Å²) < 4.78 is 4.82. The average molecular weight is 368 g/mol. The molecule has 0 fully saturated rings. The van der Waals surface area contributed by atoms with Gasteiger partial charge in [0.1, 0.15) is 9.85 Å². The number of alkyl halides is 2. The maximum Gasteiger partial charge on any atom is 0.371 e. The van der Waals surface area contributed by atoms with E-state index in [1.54, 1.807) is 0 Å². The van der Waals surface area contributed by atoms with Gasteiger partial charge in [-0.2, -0.15) is 0 Å². The van der Waals surface area contributed by atoms with Crippen molar-refractivity contribution in [3.05, 3.63) is 35.2 Å². The standard InChI is InChI=1S/C18H19Cl2NO3/c1-17(2,3)11-8-12(10-4-6-18(19,20)7-5-10)21-13-9-14(16(22)23)24-15(11)13/h4,8-9H,5-7H2,1-3H3,(H,22,23). The molecule has 2 aromatic rings. The fraction of sp³-hybridized carbons (Fsp3) is 0.444. The molecule has 2 heterocycles. The van der Waals surface area contributed by atoms with Crippen LogP contribution < -0.4 is 0 Å². The highest BCUT2D eigenvalue weighted by atomic mass is 35.5. The van der Waals surface area contributed by atoms with Crippen LogP contribution in [0.5, 0.6) is 0 Å². The Morgan fingerprint density at radius 1 is 1.33 bits per heavy atom. The van der Waals surface area contributed by atoms with Crippen LogP contribution >= 0.6 is 23.2 Å². The van der Waals surface area contributed by atoms with Crippen molar-refractivity contribution in [1.29, 1.82) is 0 Å². The minimum atomic E-state index is -1.10. The Morgan fingerprint density at radius 2 is 2.04 bits per heavy atom. The molecule has 3 rings (SSSR count). The number of hydrogen-bond donors (Lipinski definition) is 1. The molecule has 0 saturated carbocycles. The molecule has 0 spiro atoms. The number of carboxylic acid groups (broad SMARTS) is 1. The molecule has 0 radical (unpaired) electrons. The van der Waals surface area contributed by atoms with E-state index in [4.69, 9.17) is 27.6 Å². The molecule has 1 aliphatic rings. The summed E-state index contributed by atoms with van der Waals surface area (Å²) in [6, 6.07) is 3.46. The van der Waals surface area contributed by atoms with Crippen molar-refractivity contribution in [2.24, 2.45) is 0 Å². The molecule has 1 aliphatic carbocycles. The number of fused-ring (bicyclic) bond motifs is 1. The first-order chi connectivity index (χ1) is 11.1. The van der Waals surface area contributed by atoms with Crippen LogP contribution in [0.2, 0.25) is 0 Å². The summed E-state index contributed by atoms with van der Waals surface area (Å²) in [5.41, 5.74) is 3.73. The zero-order valence-electron chi connectivity index (χ0n) is 13.8. The molecule has 0 aliphatic heterocycles. The van der Waals surface area contributed by atoms with Crippen LogP contribution in [-0.2, 0) is 5.41 Å². The van der Waals surface area contributed by atoms with Gasteiger partial charge in [-0.05, 0) is 36.3 Å². The summed E-state index contributed by atoms with van der Waals surface area (Å²) in [4.78, 5) is 15.8. The maximum absolute atomic E-state index is 11.2. The third-order valence-corrected chi connectivity index (χ3v) is 4.92. The van der Waals surface area contributed by atoms with E-state index in [1.807, 2.05) is 12.1 Å². The lowest BCUT2D eigenvalue weighted by molar-refractivity contribution is 0.0665. The second-order valence-electron chi connectivity index (χ2n) is 7.22. The predicted octanol–water partition coefficient (Wildman–Crippen LogP) is 5.56. The van der Waals surface area contributed by atoms with Crippen molar-refractivity contribution in [3.63, 3.8) is 0 Å². The number of furan rings is 1. The van der Waals surface area contributed by atoms with Gasteiger partial charge in [0.15, 0.2) is 5.58 Å².